The normalized spacial score (nSPS) is 23.6. The van der Waals surface area contributed by atoms with E-state index < -0.39 is 0 Å². The Labute approximate surface area is 124 Å². The summed E-state index contributed by atoms with van der Waals surface area (Å²) in [6.45, 7) is 6.81. The number of halogens is 1. The van der Waals surface area contributed by atoms with E-state index in [-0.39, 0.29) is 11.6 Å². The number of likely N-dealkylation sites (tertiary alicyclic amines) is 1. The van der Waals surface area contributed by atoms with E-state index in [0.29, 0.717) is 29.3 Å². The van der Waals surface area contributed by atoms with Crippen LogP contribution in [-0.4, -0.2) is 35.3 Å². The molecule has 4 heteroatoms. The van der Waals surface area contributed by atoms with E-state index in [1.165, 1.54) is 18.6 Å². The molecule has 2 heterocycles. The summed E-state index contributed by atoms with van der Waals surface area (Å²) in [6, 6.07) is 4.51. The zero-order valence-electron chi connectivity index (χ0n) is 12.5. The number of nitrogens with one attached hydrogen (secondary N) is 1. The van der Waals surface area contributed by atoms with Crippen LogP contribution in [0, 0.1) is 17.7 Å². The number of Topliss-reactive ketones (excluding diaryl/α,β-unsaturated/α-hetero) is 1. The average molecular weight is 288 g/mol. The van der Waals surface area contributed by atoms with E-state index in [1.54, 1.807) is 12.3 Å². The highest BCUT2D eigenvalue weighted by Crippen LogP contribution is 2.23. The van der Waals surface area contributed by atoms with Crippen LogP contribution in [0.15, 0.2) is 24.4 Å². The minimum absolute atomic E-state index is 0.0631. The number of ketones is 1. The van der Waals surface area contributed by atoms with E-state index in [4.69, 9.17) is 0 Å². The number of hydrogen-bond acceptors (Lipinski definition) is 2. The van der Waals surface area contributed by atoms with Gasteiger partial charge in [0.25, 0.3) is 0 Å². The van der Waals surface area contributed by atoms with Crippen molar-refractivity contribution in [2.75, 3.05) is 19.6 Å². The van der Waals surface area contributed by atoms with Gasteiger partial charge in [-0.2, -0.15) is 0 Å². The molecule has 1 aromatic heterocycles. The quantitative estimate of drug-likeness (QED) is 0.878. The molecule has 0 saturated carbocycles. The lowest BCUT2D eigenvalue weighted by atomic mass is 9.91. The molecule has 1 N–H and O–H groups in total. The summed E-state index contributed by atoms with van der Waals surface area (Å²) in [6.07, 6.45) is 2.92. The van der Waals surface area contributed by atoms with E-state index >= 15 is 0 Å². The molecule has 0 bridgehead atoms. The number of H-pyrrole nitrogens is 1. The van der Waals surface area contributed by atoms with Crippen LogP contribution >= 0.6 is 0 Å². The first kappa shape index (κ1) is 14.3. The Bertz CT molecular complexity index is 654. The first-order valence-corrected chi connectivity index (χ1v) is 7.55. The van der Waals surface area contributed by atoms with Crippen LogP contribution in [0.4, 0.5) is 4.39 Å². The molecule has 2 atom stereocenters. The number of aromatic amines is 1. The lowest BCUT2D eigenvalue weighted by Gasteiger charge is -2.34. The molecule has 2 aromatic rings. The summed E-state index contributed by atoms with van der Waals surface area (Å²) in [5, 5.41) is 0.679. The second-order valence-corrected chi connectivity index (χ2v) is 6.46. The molecular formula is C17H21FN2O. The van der Waals surface area contributed by atoms with Crippen molar-refractivity contribution in [3.05, 3.63) is 35.8 Å². The highest BCUT2D eigenvalue weighted by atomic mass is 19.1. The molecule has 21 heavy (non-hydrogen) atoms. The largest absolute Gasteiger partial charge is 0.360 e. The molecule has 1 aliphatic rings. The van der Waals surface area contributed by atoms with E-state index in [9.17, 15) is 9.18 Å². The molecule has 1 aliphatic heterocycles. The second kappa shape index (κ2) is 5.60. The standard InChI is InChI=1S/C17H21FN2O/c1-11-5-12(2)9-20(8-11)10-17(21)15-7-19-16-4-3-13(18)6-14(15)16/h3-4,6-7,11-12,19H,5,8-10H2,1-2H3/t11-,12-/m1/s1. The molecule has 0 radical (unpaired) electrons. The van der Waals surface area contributed by atoms with E-state index in [0.717, 1.165) is 18.6 Å². The van der Waals surface area contributed by atoms with Crippen LogP contribution in [0.5, 0.6) is 0 Å². The number of piperidine rings is 1. The molecular weight excluding hydrogens is 267 g/mol. The molecule has 112 valence electrons. The highest BCUT2D eigenvalue weighted by molar-refractivity contribution is 6.08. The third kappa shape index (κ3) is 3.00. The number of hydrogen-bond donors (Lipinski definition) is 1. The molecule has 1 aromatic carbocycles. The minimum atomic E-state index is -0.309. The van der Waals surface area contributed by atoms with Crippen molar-refractivity contribution in [3.63, 3.8) is 0 Å². The summed E-state index contributed by atoms with van der Waals surface area (Å²) in [5.41, 5.74) is 1.40. The van der Waals surface area contributed by atoms with Crippen molar-refractivity contribution in [3.8, 4) is 0 Å². The first-order valence-electron chi connectivity index (χ1n) is 7.55. The fourth-order valence-corrected chi connectivity index (χ4v) is 3.53. The van der Waals surface area contributed by atoms with Crippen LogP contribution in [0.25, 0.3) is 10.9 Å². The monoisotopic (exact) mass is 288 g/mol. The molecule has 0 aliphatic carbocycles. The third-order valence-corrected chi connectivity index (χ3v) is 4.26. The van der Waals surface area contributed by atoms with Gasteiger partial charge in [-0.3, -0.25) is 9.69 Å². The van der Waals surface area contributed by atoms with Crippen LogP contribution in [-0.2, 0) is 0 Å². The zero-order chi connectivity index (χ0) is 15.0. The fourth-order valence-electron chi connectivity index (χ4n) is 3.53. The first-order chi connectivity index (χ1) is 10.0. The van der Waals surface area contributed by atoms with E-state index in [2.05, 4.69) is 23.7 Å². The third-order valence-electron chi connectivity index (χ3n) is 4.26. The average Bonchev–Trinajstić information content (AvgIpc) is 2.80. The Morgan fingerprint density at radius 3 is 2.76 bits per heavy atom. The predicted molar refractivity (Wildman–Crippen MR) is 82.0 cm³/mol. The van der Waals surface area contributed by atoms with Crippen LogP contribution in [0.1, 0.15) is 30.6 Å². The van der Waals surface area contributed by atoms with Crippen molar-refractivity contribution in [1.29, 1.82) is 0 Å². The molecule has 0 unspecified atom stereocenters. The van der Waals surface area contributed by atoms with Gasteiger partial charge in [-0.05, 0) is 36.5 Å². The Morgan fingerprint density at radius 2 is 2.05 bits per heavy atom. The Morgan fingerprint density at radius 1 is 1.33 bits per heavy atom. The minimum Gasteiger partial charge on any atom is -0.360 e. The molecule has 3 rings (SSSR count). The topological polar surface area (TPSA) is 36.1 Å². The van der Waals surface area contributed by atoms with Crippen molar-refractivity contribution >= 4 is 16.7 Å². The van der Waals surface area contributed by atoms with Gasteiger partial charge in [-0.25, -0.2) is 4.39 Å². The molecule has 3 nitrogen and oxygen atoms in total. The number of nitrogens with zero attached hydrogens (tertiary/aromatic N) is 1. The van der Waals surface area contributed by atoms with Gasteiger partial charge < -0.3 is 4.98 Å². The van der Waals surface area contributed by atoms with Crippen LogP contribution in [0.3, 0.4) is 0 Å². The van der Waals surface area contributed by atoms with Crippen molar-refractivity contribution in [2.24, 2.45) is 11.8 Å². The summed E-state index contributed by atoms with van der Waals surface area (Å²) < 4.78 is 13.4. The van der Waals surface area contributed by atoms with Crippen molar-refractivity contribution < 1.29 is 9.18 Å². The van der Waals surface area contributed by atoms with Crippen molar-refractivity contribution in [1.82, 2.24) is 9.88 Å². The van der Waals surface area contributed by atoms with Crippen LogP contribution in [0.2, 0.25) is 0 Å². The summed E-state index contributed by atoms with van der Waals surface area (Å²) >= 11 is 0. The highest BCUT2D eigenvalue weighted by Gasteiger charge is 2.24. The van der Waals surface area contributed by atoms with Gasteiger partial charge in [-0.15, -0.1) is 0 Å². The van der Waals surface area contributed by atoms with Crippen molar-refractivity contribution in [2.45, 2.75) is 20.3 Å². The number of benzene rings is 1. The Balaban J connectivity index is 1.79. The Kier molecular flexibility index (Phi) is 3.81. The van der Waals surface area contributed by atoms with Gasteiger partial charge >= 0.3 is 0 Å². The molecule has 1 fully saturated rings. The number of carbonyl (C=O) groups excluding carboxylic acids is 1. The second-order valence-electron chi connectivity index (χ2n) is 6.46. The van der Waals surface area contributed by atoms with Gasteiger partial charge in [0.1, 0.15) is 5.82 Å². The number of rotatable bonds is 3. The fraction of sp³-hybridized carbons (Fsp3) is 0.471. The van der Waals surface area contributed by atoms with Gasteiger partial charge in [0.15, 0.2) is 5.78 Å². The number of aromatic nitrogens is 1. The maximum absolute atomic E-state index is 13.4. The van der Waals surface area contributed by atoms with Gasteiger partial charge in [0.05, 0.1) is 6.54 Å². The summed E-state index contributed by atoms with van der Waals surface area (Å²) in [7, 11) is 0. The maximum Gasteiger partial charge on any atom is 0.178 e. The SMILES string of the molecule is C[C@@H]1C[C@@H](C)CN(CC(=O)c2c[nH]c3ccc(F)cc23)C1. The van der Waals surface area contributed by atoms with Gasteiger partial charge in [0.2, 0.25) is 0 Å². The smallest absolute Gasteiger partial charge is 0.178 e. The Hall–Kier alpha value is -1.68. The molecule has 0 amide bonds. The van der Waals surface area contributed by atoms with Gasteiger partial charge in [0, 0.05) is 35.8 Å². The lowest BCUT2D eigenvalue weighted by molar-refractivity contribution is 0.0851. The zero-order valence-corrected chi connectivity index (χ0v) is 12.5. The maximum atomic E-state index is 13.4. The van der Waals surface area contributed by atoms with Gasteiger partial charge in [-0.1, -0.05) is 13.8 Å². The van der Waals surface area contributed by atoms with Crippen LogP contribution < -0.4 is 0 Å². The van der Waals surface area contributed by atoms with E-state index in [1.807, 2.05) is 0 Å². The lowest BCUT2D eigenvalue weighted by Crippen LogP contribution is -2.41. The number of fused-ring (bicyclic) bond motifs is 1. The molecule has 1 saturated heterocycles. The summed E-state index contributed by atoms with van der Waals surface area (Å²) in [5.74, 6) is 1.01. The number of carbonyl (C=O) groups is 1. The molecule has 0 spiro atoms. The predicted octanol–water partition coefficient (Wildman–Crippen LogP) is 3.47. The summed E-state index contributed by atoms with van der Waals surface area (Å²) in [4.78, 5) is 17.8.